The maximum absolute atomic E-state index is 11.2. The van der Waals surface area contributed by atoms with Gasteiger partial charge < -0.3 is 10.1 Å². The molecule has 15 heavy (non-hydrogen) atoms. The lowest BCUT2D eigenvalue weighted by Crippen LogP contribution is -2.37. The Morgan fingerprint density at radius 2 is 2.07 bits per heavy atom. The number of rotatable bonds is 7. The van der Waals surface area contributed by atoms with Crippen molar-refractivity contribution < 1.29 is 13.2 Å². The highest BCUT2D eigenvalue weighted by Gasteiger charge is 2.29. The smallest absolute Gasteiger partial charge is 0.152 e. The summed E-state index contributed by atoms with van der Waals surface area (Å²) in [5.74, 6) is 1.09. The number of ether oxygens (including phenoxy) is 1. The molecule has 0 aromatic rings. The second-order valence-electron chi connectivity index (χ2n) is 4.12. The first kappa shape index (κ1) is 12.9. The van der Waals surface area contributed by atoms with Gasteiger partial charge in [-0.15, -0.1) is 0 Å². The van der Waals surface area contributed by atoms with Crippen LogP contribution in [0, 0.1) is 5.92 Å². The van der Waals surface area contributed by atoms with Crippen molar-refractivity contribution in [2.45, 2.75) is 25.9 Å². The first-order valence-corrected chi connectivity index (χ1v) is 7.36. The Bertz CT molecular complexity index is 270. The fourth-order valence-corrected chi connectivity index (χ4v) is 2.39. The van der Waals surface area contributed by atoms with Gasteiger partial charge in [-0.05, 0) is 32.4 Å². The van der Waals surface area contributed by atoms with Crippen molar-refractivity contribution in [2.75, 3.05) is 31.7 Å². The third kappa shape index (κ3) is 4.49. The molecule has 0 unspecified atom stereocenters. The van der Waals surface area contributed by atoms with E-state index in [0.29, 0.717) is 12.5 Å². The van der Waals surface area contributed by atoms with Crippen molar-refractivity contribution in [3.63, 3.8) is 0 Å². The molecule has 0 amide bonds. The molecular weight excluding hydrogens is 214 g/mol. The summed E-state index contributed by atoms with van der Waals surface area (Å²) in [4.78, 5) is 0. The molecule has 0 atom stereocenters. The summed E-state index contributed by atoms with van der Waals surface area (Å²) in [7, 11) is -0.914. The monoisotopic (exact) mass is 235 g/mol. The molecule has 1 aliphatic carbocycles. The van der Waals surface area contributed by atoms with Gasteiger partial charge in [-0.25, -0.2) is 8.42 Å². The van der Waals surface area contributed by atoms with Gasteiger partial charge in [0.05, 0.1) is 18.5 Å². The van der Waals surface area contributed by atoms with Gasteiger partial charge in [-0.2, -0.15) is 0 Å². The van der Waals surface area contributed by atoms with Gasteiger partial charge in [0.2, 0.25) is 0 Å². The van der Waals surface area contributed by atoms with E-state index in [0.717, 1.165) is 19.4 Å². The molecule has 0 spiro atoms. The minimum absolute atomic E-state index is 0.163. The standard InChI is InChI=1S/C10H21NO3S/c1-3-15(12,13)5-4-14-10-6-9(7-10)8-11-2/h9-11H,3-8H2,1-2H3. The average molecular weight is 235 g/mol. The van der Waals surface area contributed by atoms with Crippen LogP contribution in [0.5, 0.6) is 0 Å². The van der Waals surface area contributed by atoms with Gasteiger partial charge in [0.25, 0.3) is 0 Å². The summed E-state index contributed by atoms with van der Waals surface area (Å²) in [5, 5.41) is 3.13. The maximum Gasteiger partial charge on any atom is 0.152 e. The first-order chi connectivity index (χ1) is 7.07. The molecule has 1 aliphatic rings. The van der Waals surface area contributed by atoms with Crippen molar-refractivity contribution in [3.8, 4) is 0 Å². The van der Waals surface area contributed by atoms with E-state index in [4.69, 9.17) is 4.74 Å². The highest BCUT2D eigenvalue weighted by molar-refractivity contribution is 7.91. The zero-order valence-corrected chi connectivity index (χ0v) is 10.3. The van der Waals surface area contributed by atoms with Crippen LogP contribution in [0.15, 0.2) is 0 Å². The Labute approximate surface area is 92.3 Å². The van der Waals surface area contributed by atoms with Gasteiger partial charge in [-0.1, -0.05) is 6.92 Å². The van der Waals surface area contributed by atoms with Gasteiger partial charge in [0.1, 0.15) is 0 Å². The van der Waals surface area contributed by atoms with E-state index >= 15 is 0 Å². The first-order valence-electron chi connectivity index (χ1n) is 5.54. The lowest BCUT2D eigenvalue weighted by atomic mass is 9.82. The summed E-state index contributed by atoms with van der Waals surface area (Å²) in [6, 6.07) is 0. The SMILES string of the molecule is CCS(=O)(=O)CCOC1CC(CNC)C1. The predicted octanol–water partition coefficient (Wildman–Crippen LogP) is 0.436. The van der Waals surface area contributed by atoms with Gasteiger partial charge in [0, 0.05) is 5.75 Å². The zero-order chi connectivity index (χ0) is 11.3. The fraction of sp³-hybridized carbons (Fsp3) is 1.00. The van der Waals surface area contributed by atoms with Crippen LogP contribution < -0.4 is 5.32 Å². The molecule has 0 radical (unpaired) electrons. The maximum atomic E-state index is 11.2. The lowest BCUT2D eigenvalue weighted by molar-refractivity contribution is -0.0224. The van der Waals surface area contributed by atoms with Crippen LogP contribution >= 0.6 is 0 Å². The third-order valence-corrected chi connectivity index (χ3v) is 4.54. The van der Waals surface area contributed by atoms with Crippen LogP contribution in [0.2, 0.25) is 0 Å². The highest BCUT2D eigenvalue weighted by atomic mass is 32.2. The van der Waals surface area contributed by atoms with E-state index in [9.17, 15) is 8.42 Å². The van der Waals surface area contributed by atoms with Crippen molar-refractivity contribution in [1.29, 1.82) is 0 Å². The predicted molar refractivity (Wildman–Crippen MR) is 60.7 cm³/mol. The number of nitrogens with one attached hydrogen (secondary N) is 1. The van der Waals surface area contributed by atoms with Crippen molar-refractivity contribution >= 4 is 9.84 Å². The van der Waals surface area contributed by atoms with Crippen molar-refractivity contribution in [2.24, 2.45) is 5.92 Å². The normalized spacial score (nSPS) is 26.3. The van der Waals surface area contributed by atoms with Gasteiger partial charge in [-0.3, -0.25) is 0 Å². The molecule has 0 bridgehead atoms. The molecular formula is C10H21NO3S. The molecule has 0 aromatic carbocycles. The molecule has 5 heteroatoms. The van der Waals surface area contributed by atoms with Crippen LogP contribution in [0.4, 0.5) is 0 Å². The molecule has 1 saturated carbocycles. The Morgan fingerprint density at radius 3 is 2.60 bits per heavy atom. The minimum atomic E-state index is -2.86. The molecule has 0 saturated heterocycles. The third-order valence-electron chi connectivity index (χ3n) is 2.87. The summed E-state index contributed by atoms with van der Waals surface area (Å²) >= 11 is 0. The fourth-order valence-electron chi connectivity index (χ4n) is 1.75. The summed E-state index contributed by atoms with van der Waals surface area (Å²) in [6.45, 7) is 3.06. The van der Waals surface area contributed by atoms with E-state index in [1.165, 1.54) is 0 Å². The van der Waals surface area contributed by atoms with E-state index in [2.05, 4.69) is 5.32 Å². The van der Waals surface area contributed by atoms with E-state index < -0.39 is 9.84 Å². The van der Waals surface area contributed by atoms with Crippen LogP contribution in [0.3, 0.4) is 0 Å². The minimum Gasteiger partial charge on any atom is -0.377 e. The molecule has 1 N–H and O–H groups in total. The molecule has 0 aliphatic heterocycles. The molecule has 90 valence electrons. The van der Waals surface area contributed by atoms with Crippen LogP contribution in [-0.2, 0) is 14.6 Å². The van der Waals surface area contributed by atoms with Crippen molar-refractivity contribution in [3.05, 3.63) is 0 Å². The van der Waals surface area contributed by atoms with Crippen LogP contribution in [0.1, 0.15) is 19.8 Å². The molecule has 1 rings (SSSR count). The van der Waals surface area contributed by atoms with E-state index in [1.807, 2.05) is 7.05 Å². The Kier molecular flexibility index (Phi) is 5.02. The summed E-state index contributed by atoms with van der Waals surface area (Å²) in [6.07, 6.45) is 2.41. The number of hydrogen-bond donors (Lipinski definition) is 1. The summed E-state index contributed by atoms with van der Waals surface area (Å²) in [5.41, 5.74) is 0. The second-order valence-corrected chi connectivity index (χ2v) is 6.60. The second kappa shape index (κ2) is 5.82. The largest absolute Gasteiger partial charge is 0.377 e. The van der Waals surface area contributed by atoms with Crippen molar-refractivity contribution in [1.82, 2.24) is 5.32 Å². The van der Waals surface area contributed by atoms with Gasteiger partial charge >= 0.3 is 0 Å². The number of sulfone groups is 1. The zero-order valence-electron chi connectivity index (χ0n) is 9.53. The topological polar surface area (TPSA) is 55.4 Å². The Balaban J connectivity index is 2.04. The molecule has 0 aromatic heterocycles. The van der Waals surface area contributed by atoms with Crippen LogP contribution in [-0.4, -0.2) is 46.2 Å². The summed E-state index contributed by atoms with van der Waals surface area (Å²) < 4.78 is 27.8. The molecule has 1 fully saturated rings. The van der Waals surface area contributed by atoms with Gasteiger partial charge in [0.15, 0.2) is 9.84 Å². The quantitative estimate of drug-likeness (QED) is 0.695. The lowest BCUT2D eigenvalue weighted by Gasteiger charge is -2.34. The average Bonchev–Trinajstić information content (AvgIpc) is 2.14. The van der Waals surface area contributed by atoms with E-state index in [-0.39, 0.29) is 17.6 Å². The van der Waals surface area contributed by atoms with E-state index in [1.54, 1.807) is 6.92 Å². The Morgan fingerprint density at radius 1 is 1.40 bits per heavy atom. The Hall–Kier alpha value is -0.130. The molecule has 0 heterocycles. The van der Waals surface area contributed by atoms with Crippen LogP contribution in [0.25, 0.3) is 0 Å². The molecule has 4 nitrogen and oxygen atoms in total. The highest BCUT2D eigenvalue weighted by Crippen LogP contribution is 2.29. The number of hydrogen-bond acceptors (Lipinski definition) is 4.